The minimum atomic E-state index is -0.972. The minimum absolute atomic E-state index is 0.0323. The molecule has 1 fully saturated rings. The molecule has 1 aromatic heterocycles. The molecule has 0 amide bonds. The van der Waals surface area contributed by atoms with Crippen LogP contribution < -0.4 is 4.90 Å². The Bertz CT molecular complexity index is 607. The van der Waals surface area contributed by atoms with E-state index < -0.39 is 5.60 Å². The summed E-state index contributed by atoms with van der Waals surface area (Å²) >= 11 is 0. The molecule has 118 valence electrons. The van der Waals surface area contributed by atoms with Crippen molar-refractivity contribution in [2.75, 3.05) is 24.6 Å². The highest BCUT2D eigenvalue weighted by Gasteiger charge is 2.33. The van der Waals surface area contributed by atoms with Gasteiger partial charge < -0.3 is 15.1 Å². The number of aromatic nitrogens is 4. The number of nitrogens with zero attached hydrogens (tertiary/aromatic N) is 5. The fourth-order valence-electron chi connectivity index (χ4n) is 2.80. The second-order valence-electron chi connectivity index (χ2n) is 5.88. The number of piperidine rings is 1. The first-order valence-electron chi connectivity index (χ1n) is 7.54. The van der Waals surface area contributed by atoms with Gasteiger partial charge in [0.1, 0.15) is 0 Å². The van der Waals surface area contributed by atoms with Gasteiger partial charge in [0.15, 0.2) is 0 Å². The topological polar surface area (TPSA) is 87.3 Å². The predicted molar refractivity (Wildman–Crippen MR) is 81.6 cm³/mol. The molecule has 2 aromatic rings. The van der Waals surface area contributed by atoms with Crippen molar-refractivity contribution in [3.8, 4) is 0 Å². The summed E-state index contributed by atoms with van der Waals surface area (Å²) < 4.78 is 1.80. The molecule has 3 rings (SSSR count). The van der Waals surface area contributed by atoms with Crippen molar-refractivity contribution >= 4 is 5.95 Å². The summed E-state index contributed by atoms with van der Waals surface area (Å²) in [5.41, 5.74) is 0.166. The van der Waals surface area contributed by atoms with Gasteiger partial charge in [-0.3, -0.25) is 0 Å². The zero-order valence-electron chi connectivity index (χ0n) is 12.6. The lowest BCUT2D eigenvalue weighted by Gasteiger charge is -2.37. The SMILES string of the molecule is C[C@@H](c1ccccc1)n1nnnc1N1CCC(O)(CO)CC1. The average Bonchev–Trinajstić information content (AvgIpc) is 3.05. The molecule has 0 radical (unpaired) electrons. The second-order valence-corrected chi connectivity index (χ2v) is 5.88. The van der Waals surface area contributed by atoms with Crippen LogP contribution in [0, 0.1) is 0 Å². The smallest absolute Gasteiger partial charge is 0.246 e. The number of benzene rings is 1. The van der Waals surface area contributed by atoms with Crippen LogP contribution in [0.25, 0.3) is 0 Å². The van der Waals surface area contributed by atoms with Crippen molar-refractivity contribution in [3.05, 3.63) is 35.9 Å². The van der Waals surface area contributed by atoms with Gasteiger partial charge in [0.05, 0.1) is 18.2 Å². The zero-order valence-corrected chi connectivity index (χ0v) is 12.6. The molecule has 7 heteroatoms. The van der Waals surface area contributed by atoms with Crippen LogP contribution >= 0.6 is 0 Å². The van der Waals surface area contributed by atoms with Crippen LogP contribution in [-0.4, -0.2) is 55.7 Å². The first-order valence-corrected chi connectivity index (χ1v) is 7.54. The summed E-state index contributed by atoms with van der Waals surface area (Å²) in [7, 11) is 0. The van der Waals surface area contributed by atoms with Crippen molar-refractivity contribution in [3.63, 3.8) is 0 Å². The van der Waals surface area contributed by atoms with E-state index in [-0.39, 0.29) is 12.6 Å². The Labute approximate surface area is 129 Å². The molecule has 1 saturated heterocycles. The van der Waals surface area contributed by atoms with Crippen LogP contribution in [0.2, 0.25) is 0 Å². The van der Waals surface area contributed by atoms with Crippen molar-refractivity contribution in [2.45, 2.75) is 31.4 Å². The Morgan fingerprint density at radius 2 is 1.91 bits per heavy atom. The van der Waals surface area contributed by atoms with Gasteiger partial charge in [-0.15, -0.1) is 0 Å². The minimum Gasteiger partial charge on any atom is -0.393 e. The van der Waals surface area contributed by atoms with E-state index >= 15 is 0 Å². The molecular weight excluding hydrogens is 282 g/mol. The average molecular weight is 303 g/mol. The molecule has 22 heavy (non-hydrogen) atoms. The number of hydrogen-bond donors (Lipinski definition) is 2. The maximum atomic E-state index is 10.1. The van der Waals surface area contributed by atoms with Crippen LogP contribution in [0.4, 0.5) is 5.95 Å². The molecule has 7 nitrogen and oxygen atoms in total. The molecule has 2 N–H and O–H groups in total. The first kappa shape index (κ1) is 14.9. The van der Waals surface area contributed by atoms with Gasteiger partial charge >= 0.3 is 0 Å². The fourth-order valence-corrected chi connectivity index (χ4v) is 2.80. The highest BCUT2D eigenvalue weighted by atomic mass is 16.3. The number of rotatable bonds is 4. The van der Waals surface area contributed by atoms with Gasteiger partial charge in [0.25, 0.3) is 0 Å². The van der Waals surface area contributed by atoms with E-state index in [4.69, 9.17) is 0 Å². The monoisotopic (exact) mass is 303 g/mol. The van der Waals surface area contributed by atoms with Crippen LogP contribution in [0.1, 0.15) is 31.4 Å². The molecule has 1 atom stereocenters. The van der Waals surface area contributed by atoms with E-state index in [0.29, 0.717) is 31.9 Å². The van der Waals surface area contributed by atoms with Gasteiger partial charge in [0.2, 0.25) is 5.95 Å². The third-order valence-corrected chi connectivity index (χ3v) is 4.40. The van der Waals surface area contributed by atoms with Crippen LogP contribution in [0.15, 0.2) is 30.3 Å². The zero-order chi connectivity index (χ0) is 15.6. The van der Waals surface area contributed by atoms with E-state index in [9.17, 15) is 10.2 Å². The van der Waals surface area contributed by atoms with Crippen molar-refractivity contribution in [1.82, 2.24) is 20.2 Å². The van der Waals surface area contributed by atoms with Gasteiger partial charge in [-0.25, -0.2) is 4.68 Å². The van der Waals surface area contributed by atoms with E-state index in [2.05, 4.69) is 39.5 Å². The Morgan fingerprint density at radius 3 is 2.55 bits per heavy atom. The van der Waals surface area contributed by atoms with Crippen LogP contribution in [0.5, 0.6) is 0 Å². The standard InChI is InChI=1S/C15H21N5O2/c1-12(13-5-3-2-4-6-13)20-14(16-17-18-20)19-9-7-15(22,11-21)8-10-19/h2-6,12,21-22H,7-11H2,1H3/t12-/m0/s1. The quantitative estimate of drug-likeness (QED) is 0.860. The summed E-state index contributed by atoms with van der Waals surface area (Å²) in [6.45, 7) is 3.10. The van der Waals surface area contributed by atoms with E-state index in [1.54, 1.807) is 4.68 Å². The highest BCUT2D eigenvalue weighted by Crippen LogP contribution is 2.27. The predicted octanol–water partition coefficient (Wildman–Crippen LogP) is 0.606. The maximum Gasteiger partial charge on any atom is 0.246 e. The lowest BCUT2D eigenvalue weighted by Crippen LogP contribution is -2.47. The van der Waals surface area contributed by atoms with Crippen LogP contribution in [-0.2, 0) is 0 Å². The highest BCUT2D eigenvalue weighted by molar-refractivity contribution is 5.32. The summed E-state index contributed by atoms with van der Waals surface area (Å²) in [6, 6.07) is 10.1. The molecule has 0 saturated carbocycles. The Morgan fingerprint density at radius 1 is 1.23 bits per heavy atom. The molecule has 1 aromatic carbocycles. The van der Waals surface area contributed by atoms with Gasteiger partial charge in [-0.2, -0.15) is 0 Å². The van der Waals surface area contributed by atoms with Crippen molar-refractivity contribution in [2.24, 2.45) is 0 Å². The number of hydrogen-bond acceptors (Lipinski definition) is 6. The van der Waals surface area contributed by atoms with Crippen molar-refractivity contribution < 1.29 is 10.2 Å². The molecule has 0 aliphatic carbocycles. The largest absolute Gasteiger partial charge is 0.393 e. The Balaban J connectivity index is 1.79. The molecule has 2 heterocycles. The fraction of sp³-hybridized carbons (Fsp3) is 0.533. The molecule has 0 unspecified atom stereocenters. The maximum absolute atomic E-state index is 10.1. The second kappa shape index (κ2) is 6.02. The summed E-state index contributed by atoms with van der Waals surface area (Å²) in [5.74, 6) is 0.705. The Hall–Kier alpha value is -1.99. The van der Waals surface area contributed by atoms with E-state index in [0.717, 1.165) is 5.56 Å². The normalized spacial score (nSPS) is 19.1. The van der Waals surface area contributed by atoms with Gasteiger partial charge in [-0.05, 0) is 35.8 Å². The molecule has 0 bridgehead atoms. The van der Waals surface area contributed by atoms with E-state index in [1.807, 2.05) is 18.2 Å². The summed E-state index contributed by atoms with van der Waals surface area (Å²) in [6.07, 6.45) is 1.02. The van der Waals surface area contributed by atoms with Crippen molar-refractivity contribution in [1.29, 1.82) is 0 Å². The Kier molecular flexibility index (Phi) is 4.08. The molecule has 0 spiro atoms. The lowest BCUT2D eigenvalue weighted by molar-refractivity contribution is -0.0328. The molecular formula is C15H21N5O2. The van der Waals surface area contributed by atoms with E-state index in [1.165, 1.54) is 0 Å². The van der Waals surface area contributed by atoms with Gasteiger partial charge in [-0.1, -0.05) is 35.4 Å². The van der Waals surface area contributed by atoms with Gasteiger partial charge in [0, 0.05) is 13.1 Å². The lowest BCUT2D eigenvalue weighted by atomic mass is 9.93. The number of anilines is 1. The molecule has 1 aliphatic rings. The summed E-state index contributed by atoms with van der Waals surface area (Å²) in [5, 5.41) is 31.4. The number of aliphatic hydroxyl groups is 2. The third kappa shape index (κ3) is 2.82. The summed E-state index contributed by atoms with van der Waals surface area (Å²) in [4.78, 5) is 2.06. The first-order chi connectivity index (χ1) is 10.6. The number of tetrazole rings is 1. The molecule has 1 aliphatic heterocycles. The third-order valence-electron chi connectivity index (χ3n) is 4.40. The van der Waals surface area contributed by atoms with Crippen LogP contribution in [0.3, 0.4) is 0 Å². The number of aliphatic hydroxyl groups excluding tert-OH is 1.